The van der Waals surface area contributed by atoms with E-state index in [1.165, 1.54) is 0 Å². The summed E-state index contributed by atoms with van der Waals surface area (Å²) in [6.07, 6.45) is 7.43. The van der Waals surface area contributed by atoms with Crippen LogP contribution < -0.4 is 5.73 Å². The van der Waals surface area contributed by atoms with Crippen molar-refractivity contribution in [2.45, 2.75) is 18.9 Å². The molecule has 3 aromatic rings. The van der Waals surface area contributed by atoms with Crippen molar-refractivity contribution < 1.29 is 0 Å². The van der Waals surface area contributed by atoms with Gasteiger partial charge in [0.1, 0.15) is 0 Å². The van der Waals surface area contributed by atoms with Gasteiger partial charge in [0.05, 0.1) is 5.69 Å². The first-order valence-corrected chi connectivity index (χ1v) is 6.76. The summed E-state index contributed by atoms with van der Waals surface area (Å²) in [4.78, 5) is 9.85. The Kier molecular flexibility index (Phi) is 3.08. The highest BCUT2D eigenvalue weighted by molar-refractivity contribution is 7.15. The van der Waals surface area contributed by atoms with Crippen LogP contribution in [0.15, 0.2) is 42.2 Å². The van der Waals surface area contributed by atoms with Crippen molar-refractivity contribution in [1.29, 1.82) is 0 Å². The summed E-state index contributed by atoms with van der Waals surface area (Å²) in [5.41, 5.74) is 8.22. The smallest absolute Gasteiger partial charge is 0.193 e. The summed E-state index contributed by atoms with van der Waals surface area (Å²) in [6, 6.07) is 5.97. The Morgan fingerprint density at radius 2 is 2.17 bits per heavy atom. The first-order chi connectivity index (χ1) is 8.81. The maximum atomic E-state index is 6.14. The fourth-order valence-electron chi connectivity index (χ4n) is 2.00. The first kappa shape index (κ1) is 11.4. The number of aromatic nitrogens is 3. The van der Waals surface area contributed by atoms with E-state index in [2.05, 4.69) is 9.97 Å². The van der Waals surface area contributed by atoms with Gasteiger partial charge in [0.25, 0.3) is 0 Å². The van der Waals surface area contributed by atoms with Gasteiger partial charge in [-0.05, 0) is 12.1 Å². The van der Waals surface area contributed by atoms with E-state index < -0.39 is 0 Å². The number of pyridine rings is 1. The summed E-state index contributed by atoms with van der Waals surface area (Å²) >= 11 is 1.64. The van der Waals surface area contributed by atoms with Crippen LogP contribution in [0.25, 0.3) is 4.96 Å². The Hall–Kier alpha value is -1.72. The lowest BCUT2D eigenvalue weighted by atomic mass is 10.1. The van der Waals surface area contributed by atoms with Crippen molar-refractivity contribution in [2.75, 3.05) is 0 Å². The summed E-state index contributed by atoms with van der Waals surface area (Å²) in [6.45, 7) is 0. The molecular weight excluding hydrogens is 244 g/mol. The number of fused-ring (bicyclic) bond motifs is 1. The van der Waals surface area contributed by atoms with E-state index in [0.29, 0.717) is 0 Å². The predicted molar refractivity (Wildman–Crippen MR) is 72.7 cm³/mol. The van der Waals surface area contributed by atoms with Crippen molar-refractivity contribution in [1.82, 2.24) is 14.4 Å². The Bertz CT molecular complexity index is 600. The van der Waals surface area contributed by atoms with Crippen LogP contribution in [-0.2, 0) is 12.8 Å². The number of nitrogens with zero attached hydrogens (tertiary/aromatic N) is 3. The van der Waals surface area contributed by atoms with Gasteiger partial charge in [-0.3, -0.25) is 9.38 Å². The summed E-state index contributed by atoms with van der Waals surface area (Å²) in [5.74, 6) is 0. The molecule has 0 spiro atoms. The minimum atomic E-state index is 0.0597. The van der Waals surface area contributed by atoms with Crippen molar-refractivity contribution >= 4 is 16.3 Å². The summed E-state index contributed by atoms with van der Waals surface area (Å²) < 4.78 is 2.04. The highest BCUT2D eigenvalue weighted by atomic mass is 32.1. The molecule has 3 heterocycles. The molecule has 0 aliphatic carbocycles. The van der Waals surface area contributed by atoms with Crippen LogP contribution in [0.2, 0.25) is 0 Å². The largest absolute Gasteiger partial charge is 0.327 e. The van der Waals surface area contributed by atoms with E-state index in [9.17, 15) is 0 Å². The number of imidazole rings is 1. The Morgan fingerprint density at radius 3 is 2.94 bits per heavy atom. The van der Waals surface area contributed by atoms with Gasteiger partial charge in [0.15, 0.2) is 4.96 Å². The van der Waals surface area contributed by atoms with Gasteiger partial charge in [0.2, 0.25) is 0 Å². The van der Waals surface area contributed by atoms with Crippen LogP contribution in [0.4, 0.5) is 0 Å². The number of hydrogen-bond donors (Lipinski definition) is 1. The molecule has 4 nitrogen and oxygen atoms in total. The van der Waals surface area contributed by atoms with E-state index in [1.807, 2.05) is 40.4 Å². The molecule has 1 unspecified atom stereocenters. The molecule has 0 saturated carbocycles. The van der Waals surface area contributed by atoms with Crippen LogP contribution >= 0.6 is 11.3 Å². The van der Waals surface area contributed by atoms with Crippen molar-refractivity contribution in [3.63, 3.8) is 0 Å². The molecule has 0 saturated heterocycles. The first-order valence-electron chi connectivity index (χ1n) is 5.88. The van der Waals surface area contributed by atoms with E-state index >= 15 is 0 Å². The van der Waals surface area contributed by atoms with E-state index in [4.69, 9.17) is 5.73 Å². The number of hydrogen-bond acceptors (Lipinski definition) is 4. The molecule has 3 aromatic heterocycles. The molecule has 5 heteroatoms. The van der Waals surface area contributed by atoms with Crippen molar-refractivity contribution in [2.24, 2.45) is 5.73 Å². The molecular formula is C13H14N4S. The average Bonchev–Trinajstić information content (AvgIpc) is 2.90. The number of rotatable bonds is 4. The predicted octanol–water partition coefficient (Wildman–Crippen LogP) is 1.90. The van der Waals surface area contributed by atoms with Crippen LogP contribution in [0.1, 0.15) is 11.4 Å². The number of thiazole rings is 1. The molecule has 0 radical (unpaired) electrons. The Balaban J connectivity index is 1.67. The van der Waals surface area contributed by atoms with Gasteiger partial charge >= 0.3 is 0 Å². The lowest BCUT2D eigenvalue weighted by molar-refractivity contribution is 0.646. The second kappa shape index (κ2) is 4.88. The quantitative estimate of drug-likeness (QED) is 0.777. The maximum Gasteiger partial charge on any atom is 0.193 e. The molecule has 0 amide bonds. The monoisotopic (exact) mass is 258 g/mol. The second-order valence-corrected chi connectivity index (χ2v) is 5.19. The van der Waals surface area contributed by atoms with Crippen LogP contribution in [0.5, 0.6) is 0 Å². The fourth-order valence-corrected chi connectivity index (χ4v) is 2.72. The molecule has 0 fully saturated rings. The standard InChI is InChI=1S/C13H14N4S/c14-10(7-11-3-1-2-4-15-11)8-12-9-17-5-6-18-13(17)16-12/h1-6,9-10H,7-8,14H2. The molecule has 0 aliphatic rings. The van der Waals surface area contributed by atoms with E-state index in [-0.39, 0.29) is 6.04 Å². The van der Waals surface area contributed by atoms with E-state index in [0.717, 1.165) is 29.2 Å². The average molecular weight is 258 g/mol. The van der Waals surface area contributed by atoms with Gasteiger partial charge in [-0.25, -0.2) is 4.98 Å². The molecule has 3 rings (SSSR count). The van der Waals surface area contributed by atoms with E-state index in [1.54, 1.807) is 17.5 Å². The summed E-state index contributed by atoms with van der Waals surface area (Å²) in [7, 11) is 0. The normalized spacial score (nSPS) is 12.9. The molecule has 0 aliphatic heterocycles. The third kappa shape index (κ3) is 2.42. The zero-order valence-corrected chi connectivity index (χ0v) is 10.7. The zero-order valence-electron chi connectivity index (χ0n) is 9.86. The van der Waals surface area contributed by atoms with Crippen LogP contribution in [0, 0.1) is 0 Å². The maximum absolute atomic E-state index is 6.14. The summed E-state index contributed by atoms with van der Waals surface area (Å²) in [5, 5.41) is 2.03. The van der Waals surface area contributed by atoms with Gasteiger partial charge in [0, 0.05) is 48.5 Å². The van der Waals surface area contributed by atoms with Crippen molar-refractivity contribution in [3.05, 3.63) is 53.6 Å². The SMILES string of the molecule is NC(Cc1ccccn1)Cc1cn2ccsc2n1. The molecule has 1 atom stereocenters. The highest BCUT2D eigenvalue weighted by Gasteiger charge is 2.09. The topological polar surface area (TPSA) is 56.2 Å². The van der Waals surface area contributed by atoms with Crippen LogP contribution in [0.3, 0.4) is 0 Å². The number of nitrogens with two attached hydrogens (primary N) is 1. The fraction of sp³-hybridized carbons (Fsp3) is 0.231. The molecule has 92 valence electrons. The highest BCUT2D eigenvalue weighted by Crippen LogP contribution is 2.13. The minimum Gasteiger partial charge on any atom is -0.327 e. The zero-order chi connectivity index (χ0) is 12.4. The molecule has 0 bridgehead atoms. The lowest BCUT2D eigenvalue weighted by Gasteiger charge is -2.08. The minimum absolute atomic E-state index is 0.0597. The van der Waals surface area contributed by atoms with Crippen LogP contribution in [-0.4, -0.2) is 20.4 Å². The Morgan fingerprint density at radius 1 is 1.28 bits per heavy atom. The van der Waals surface area contributed by atoms with Gasteiger partial charge in [-0.1, -0.05) is 6.07 Å². The van der Waals surface area contributed by atoms with Gasteiger partial charge in [-0.15, -0.1) is 11.3 Å². The van der Waals surface area contributed by atoms with Crippen molar-refractivity contribution in [3.8, 4) is 0 Å². The third-order valence-electron chi connectivity index (χ3n) is 2.81. The van der Waals surface area contributed by atoms with Gasteiger partial charge < -0.3 is 5.73 Å². The second-order valence-electron chi connectivity index (χ2n) is 4.31. The third-order valence-corrected chi connectivity index (χ3v) is 3.58. The Labute approximate surface area is 109 Å². The molecule has 2 N–H and O–H groups in total. The molecule has 0 aromatic carbocycles. The lowest BCUT2D eigenvalue weighted by Crippen LogP contribution is -2.26. The molecule has 18 heavy (non-hydrogen) atoms. The van der Waals surface area contributed by atoms with Gasteiger partial charge in [-0.2, -0.15) is 0 Å².